The van der Waals surface area contributed by atoms with E-state index in [-0.39, 0.29) is 12.1 Å². The van der Waals surface area contributed by atoms with Gasteiger partial charge in [-0.3, -0.25) is 0 Å². The van der Waals surface area contributed by atoms with Crippen molar-refractivity contribution in [2.24, 2.45) is 0 Å². The maximum absolute atomic E-state index is 13.3. The summed E-state index contributed by atoms with van der Waals surface area (Å²) in [5.41, 5.74) is -1.80. The molecule has 31 heavy (non-hydrogen) atoms. The van der Waals surface area contributed by atoms with Crippen LogP contribution >= 0.6 is 0 Å². The molecule has 1 saturated heterocycles. The SMILES string of the molecule is CC(C)(C)NC(=O)OC1CC2(CCC1Nc1ccc(C#N)c(C(F)(F)F)c1)OCCO2. The molecular weight excluding hydrogens is 415 g/mol. The number of ether oxygens (including phenoxy) is 3. The number of carbonyl (C=O) groups excluding carboxylic acids is 1. The molecule has 2 fully saturated rings. The van der Waals surface area contributed by atoms with Gasteiger partial charge in [0.15, 0.2) is 5.79 Å². The Hall–Kier alpha value is -2.51. The van der Waals surface area contributed by atoms with Crippen molar-refractivity contribution >= 4 is 11.8 Å². The highest BCUT2D eigenvalue weighted by Crippen LogP contribution is 2.39. The van der Waals surface area contributed by atoms with Gasteiger partial charge in [-0.1, -0.05) is 0 Å². The number of nitrogens with one attached hydrogen (secondary N) is 2. The van der Waals surface area contributed by atoms with Crippen LogP contribution in [-0.4, -0.2) is 42.8 Å². The second-order valence-corrected chi connectivity index (χ2v) is 8.79. The molecule has 1 saturated carbocycles. The molecule has 170 valence electrons. The van der Waals surface area contributed by atoms with Gasteiger partial charge in [0.05, 0.1) is 36.5 Å². The van der Waals surface area contributed by atoms with E-state index >= 15 is 0 Å². The summed E-state index contributed by atoms with van der Waals surface area (Å²) in [6, 6.07) is 4.54. The lowest BCUT2D eigenvalue weighted by atomic mass is 9.87. The zero-order valence-corrected chi connectivity index (χ0v) is 17.6. The van der Waals surface area contributed by atoms with E-state index in [0.717, 1.165) is 12.1 Å². The van der Waals surface area contributed by atoms with Crippen molar-refractivity contribution < 1.29 is 32.2 Å². The first kappa shape index (κ1) is 23.2. The van der Waals surface area contributed by atoms with Crippen LogP contribution in [0, 0.1) is 11.3 Å². The van der Waals surface area contributed by atoms with Gasteiger partial charge in [-0.05, 0) is 45.4 Å². The molecule has 1 aliphatic heterocycles. The molecule has 3 rings (SSSR count). The third-order valence-corrected chi connectivity index (χ3v) is 5.14. The maximum atomic E-state index is 13.3. The van der Waals surface area contributed by atoms with Crippen LogP contribution in [0.4, 0.5) is 23.7 Å². The molecule has 2 aliphatic rings. The highest BCUT2D eigenvalue weighted by atomic mass is 19.4. The van der Waals surface area contributed by atoms with Crippen LogP contribution in [0.25, 0.3) is 0 Å². The first-order chi connectivity index (χ1) is 14.4. The van der Waals surface area contributed by atoms with Crippen molar-refractivity contribution in [3.05, 3.63) is 29.3 Å². The average Bonchev–Trinajstić information content (AvgIpc) is 3.09. The van der Waals surface area contributed by atoms with Crippen molar-refractivity contribution in [1.82, 2.24) is 5.32 Å². The molecule has 7 nitrogen and oxygen atoms in total. The van der Waals surface area contributed by atoms with E-state index in [1.165, 1.54) is 6.07 Å². The molecule has 1 spiro atoms. The number of halogens is 3. The normalized spacial score (nSPS) is 23.3. The number of nitriles is 1. The minimum absolute atomic E-state index is 0.186. The Kier molecular flexibility index (Phi) is 6.39. The Morgan fingerprint density at radius 3 is 2.52 bits per heavy atom. The summed E-state index contributed by atoms with van der Waals surface area (Å²) >= 11 is 0. The first-order valence-corrected chi connectivity index (χ1v) is 10.1. The second-order valence-electron chi connectivity index (χ2n) is 8.79. The summed E-state index contributed by atoms with van der Waals surface area (Å²) in [4.78, 5) is 12.4. The number of benzene rings is 1. The third kappa shape index (κ3) is 5.80. The van der Waals surface area contributed by atoms with E-state index in [9.17, 15) is 18.0 Å². The first-order valence-electron chi connectivity index (χ1n) is 10.1. The maximum Gasteiger partial charge on any atom is 0.417 e. The van der Waals surface area contributed by atoms with Crippen molar-refractivity contribution in [3.63, 3.8) is 0 Å². The summed E-state index contributed by atoms with van der Waals surface area (Å²) in [6.45, 7) is 6.30. The predicted octanol–water partition coefficient (Wildman–Crippen LogP) is 4.18. The summed E-state index contributed by atoms with van der Waals surface area (Å²) < 4.78 is 57.0. The number of nitrogens with zero attached hydrogens (tertiary/aromatic N) is 1. The molecule has 1 amide bonds. The minimum atomic E-state index is -4.66. The standard InChI is InChI=1S/C21H26F3N3O4/c1-19(2,3)27-18(28)31-17-11-20(29-8-9-30-20)7-6-16(17)26-14-5-4-13(12-25)15(10-14)21(22,23)24/h4-5,10,16-17,26H,6-9,11H2,1-3H3,(H,27,28). The fourth-order valence-electron chi connectivity index (χ4n) is 3.81. The van der Waals surface area contributed by atoms with E-state index in [0.29, 0.717) is 26.1 Å². The fourth-order valence-corrected chi connectivity index (χ4v) is 3.81. The van der Waals surface area contributed by atoms with Crippen LogP contribution in [-0.2, 0) is 20.4 Å². The summed E-state index contributed by atoms with van der Waals surface area (Å²) in [7, 11) is 0. The lowest BCUT2D eigenvalue weighted by molar-refractivity contribution is -0.197. The Bertz CT molecular complexity index is 855. The monoisotopic (exact) mass is 441 g/mol. The molecule has 0 bridgehead atoms. The number of carbonyl (C=O) groups is 1. The number of alkyl halides is 3. The fraction of sp³-hybridized carbons (Fsp3) is 0.619. The second kappa shape index (κ2) is 8.55. The van der Waals surface area contributed by atoms with Gasteiger partial charge in [-0.2, -0.15) is 18.4 Å². The summed E-state index contributed by atoms with van der Waals surface area (Å²) in [6.07, 6.45) is -4.77. The smallest absolute Gasteiger partial charge is 0.417 e. The van der Waals surface area contributed by atoms with Crippen LogP contribution in [0.5, 0.6) is 0 Å². The number of hydrogen-bond acceptors (Lipinski definition) is 6. The molecule has 1 aromatic rings. The van der Waals surface area contributed by atoms with Crippen LogP contribution in [0.2, 0.25) is 0 Å². The van der Waals surface area contributed by atoms with Gasteiger partial charge < -0.3 is 24.8 Å². The Morgan fingerprint density at radius 1 is 1.26 bits per heavy atom. The zero-order chi connectivity index (χ0) is 22.9. The number of rotatable bonds is 3. The molecule has 0 aromatic heterocycles. The quantitative estimate of drug-likeness (QED) is 0.731. The van der Waals surface area contributed by atoms with E-state index in [2.05, 4.69) is 10.6 Å². The largest absolute Gasteiger partial charge is 0.444 e. The number of alkyl carbamates (subject to hydrolysis) is 1. The Labute approximate surface area is 178 Å². The lowest BCUT2D eigenvalue weighted by Crippen LogP contribution is -2.52. The number of hydrogen-bond donors (Lipinski definition) is 2. The van der Waals surface area contributed by atoms with E-state index < -0.39 is 46.9 Å². The van der Waals surface area contributed by atoms with E-state index in [4.69, 9.17) is 19.5 Å². The predicted molar refractivity (Wildman–Crippen MR) is 105 cm³/mol. The topological polar surface area (TPSA) is 92.6 Å². The van der Waals surface area contributed by atoms with Gasteiger partial charge in [-0.25, -0.2) is 4.79 Å². The zero-order valence-electron chi connectivity index (χ0n) is 17.6. The Balaban J connectivity index is 1.81. The van der Waals surface area contributed by atoms with Crippen molar-refractivity contribution in [3.8, 4) is 6.07 Å². The minimum Gasteiger partial charge on any atom is -0.444 e. The molecule has 2 atom stereocenters. The summed E-state index contributed by atoms with van der Waals surface area (Å²) in [5, 5.41) is 14.7. The van der Waals surface area contributed by atoms with Gasteiger partial charge in [0.2, 0.25) is 0 Å². The van der Waals surface area contributed by atoms with Gasteiger partial charge in [-0.15, -0.1) is 0 Å². The molecule has 1 aliphatic carbocycles. The van der Waals surface area contributed by atoms with E-state index in [1.807, 2.05) is 20.8 Å². The molecule has 10 heteroatoms. The Morgan fingerprint density at radius 2 is 1.94 bits per heavy atom. The van der Waals surface area contributed by atoms with Crippen LogP contribution in [0.1, 0.15) is 51.2 Å². The molecule has 0 radical (unpaired) electrons. The van der Waals surface area contributed by atoms with Gasteiger partial charge in [0.25, 0.3) is 0 Å². The summed E-state index contributed by atoms with van der Waals surface area (Å²) in [5.74, 6) is -0.855. The molecule has 2 N–H and O–H groups in total. The van der Waals surface area contributed by atoms with Gasteiger partial charge in [0, 0.05) is 24.1 Å². The lowest BCUT2D eigenvalue weighted by Gasteiger charge is -2.41. The van der Waals surface area contributed by atoms with Crippen molar-refractivity contribution in [2.45, 2.75) is 69.7 Å². The molecule has 1 aromatic carbocycles. The van der Waals surface area contributed by atoms with E-state index in [1.54, 1.807) is 6.07 Å². The highest BCUT2D eigenvalue weighted by Gasteiger charge is 2.47. The molecular formula is C21H26F3N3O4. The third-order valence-electron chi connectivity index (χ3n) is 5.14. The highest BCUT2D eigenvalue weighted by molar-refractivity contribution is 5.68. The molecule has 2 unspecified atom stereocenters. The van der Waals surface area contributed by atoms with Crippen molar-refractivity contribution in [2.75, 3.05) is 18.5 Å². The number of amides is 1. The van der Waals surface area contributed by atoms with Gasteiger partial charge >= 0.3 is 12.3 Å². The average molecular weight is 441 g/mol. The van der Waals surface area contributed by atoms with Gasteiger partial charge in [0.1, 0.15) is 6.10 Å². The van der Waals surface area contributed by atoms with Crippen LogP contribution in [0.15, 0.2) is 18.2 Å². The van der Waals surface area contributed by atoms with Crippen LogP contribution < -0.4 is 10.6 Å². The molecule has 1 heterocycles. The number of anilines is 1. The van der Waals surface area contributed by atoms with Crippen LogP contribution in [0.3, 0.4) is 0 Å². The van der Waals surface area contributed by atoms with Crippen molar-refractivity contribution in [1.29, 1.82) is 5.26 Å².